The molecule has 1 aromatic rings. The Balaban J connectivity index is 0.000000136. The van der Waals surface area contributed by atoms with Gasteiger partial charge in [-0.1, -0.05) is 12.8 Å². The van der Waals surface area contributed by atoms with E-state index in [1.54, 1.807) is 35.3 Å². The molecule has 88 valence electrons. The number of rotatable bonds is 0. The van der Waals surface area contributed by atoms with Crippen molar-refractivity contribution in [2.45, 2.75) is 5.16 Å². The topological polar surface area (TPSA) is 65.4 Å². The first-order chi connectivity index (χ1) is 8.27. The van der Waals surface area contributed by atoms with Gasteiger partial charge in [-0.3, -0.25) is 9.73 Å². The first-order valence-corrected chi connectivity index (χ1v) is 5.52. The number of hydrogen-bond acceptors (Lipinski definition) is 8. The fourth-order valence-electron chi connectivity index (χ4n) is 1.14. The molecule has 0 amide bonds. The molecule has 0 aliphatic carbocycles. The van der Waals surface area contributed by atoms with Gasteiger partial charge in [0.25, 0.3) is 0 Å². The Morgan fingerprint density at radius 2 is 2.00 bits per heavy atom. The van der Waals surface area contributed by atoms with Crippen molar-refractivity contribution in [3.63, 3.8) is 0 Å². The third kappa shape index (κ3) is 3.14. The molecule has 3 rings (SSSR count). The highest BCUT2D eigenvalue weighted by Crippen LogP contribution is 2.18. The van der Waals surface area contributed by atoms with Crippen molar-refractivity contribution in [3.05, 3.63) is 42.3 Å². The molecule has 0 bridgehead atoms. The summed E-state index contributed by atoms with van der Waals surface area (Å²) in [6.45, 7) is 0. The summed E-state index contributed by atoms with van der Waals surface area (Å²) in [6.07, 6.45) is 8.49. The lowest BCUT2D eigenvalue weighted by molar-refractivity contribution is 0.765. The minimum Gasteiger partial charge on any atom is -0.306 e. The van der Waals surface area contributed by atoms with Gasteiger partial charge in [-0.15, -0.1) is 12.6 Å². The van der Waals surface area contributed by atoms with E-state index >= 15 is 0 Å². The Hall–Kier alpha value is -1.67. The van der Waals surface area contributed by atoms with Crippen LogP contribution in [0.5, 0.6) is 0 Å². The Morgan fingerprint density at radius 3 is 2.59 bits per heavy atom. The maximum absolute atomic E-state index is 4.13. The van der Waals surface area contributed by atoms with Gasteiger partial charge in [-0.2, -0.15) is 0 Å². The predicted molar refractivity (Wildman–Crippen MR) is 71.0 cm³/mol. The van der Waals surface area contributed by atoms with Crippen LogP contribution in [0, 0.1) is 0 Å². The summed E-state index contributed by atoms with van der Waals surface area (Å²) in [5, 5.41) is 0.516. The first kappa shape index (κ1) is 11.8. The van der Waals surface area contributed by atoms with Crippen molar-refractivity contribution in [1.29, 1.82) is 0 Å². The Kier molecular flexibility index (Phi) is 3.89. The number of aliphatic imine (C=N–C) groups is 1. The van der Waals surface area contributed by atoms with Crippen LogP contribution < -0.4 is 10.9 Å². The Bertz CT molecular complexity index is 470. The molecule has 2 aliphatic heterocycles. The summed E-state index contributed by atoms with van der Waals surface area (Å²) < 4.78 is 1.64. The smallest absolute Gasteiger partial charge is 0.184 e. The standard InChI is InChI=1S/C5H6N4S.C4H4N2S/c10-9-3-6-1-4-5(9)2-7-8-4;7-4-5-2-1-3-6-4/h1-3,7-8,10H;1-3H,(H,5,6,7). The van der Waals surface area contributed by atoms with E-state index in [0.717, 1.165) is 11.4 Å². The van der Waals surface area contributed by atoms with Gasteiger partial charge in [-0.05, 0) is 6.07 Å². The van der Waals surface area contributed by atoms with Gasteiger partial charge >= 0.3 is 0 Å². The second-order valence-corrected chi connectivity index (χ2v) is 3.83. The highest BCUT2D eigenvalue weighted by molar-refractivity contribution is 7.80. The number of nitrogens with zero attached hydrogens (tertiary/aromatic N) is 4. The molecule has 1 aromatic heterocycles. The molecule has 2 aliphatic rings. The van der Waals surface area contributed by atoms with E-state index in [9.17, 15) is 0 Å². The minimum absolute atomic E-state index is 0.516. The molecule has 0 spiro atoms. The summed E-state index contributed by atoms with van der Waals surface area (Å²) in [6, 6.07) is 1.75. The molecule has 0 fully saturated rings. The van der Waals surface area contributed by atoms with Gasteiger partial charge in [0.2, 0.25) is 0 Å². The van der Waals surface area contributed by atoms with Crippen LogP contribution in [0.15, 0.2) is 52.4 Å². The van der Waals surface area contributed by atoms with Crippen LogP contribution in [0.1, 0.15) is 0 Å². The quantitative estimate of drug-likeness (QED) is 0.412. The van der Waals surface area contributed by atoms with Crippen molar-refractivity contribution in [3.8, 4) is 0 Å². The third-order valence-electron chi connectivity index (χ3n) is 1.87. The number of thiol groups is 2. The highest BCUT2D eigenvalue weighted by atomic mass is 32.1. The Morgan fingerprint density at radius 1 is 1.24 bits per heavy atom. The van der Waals surface area contributed by atoms with Gasteiger partial charge in [0.15, 0.2) is 5.16 Å². The number of fused-ring (bicyclic) bond motifs is 1. The van der Waals surface area contributed by atoms with Crippen LogP contribution in [0.3, 0.4) is 0 Å². The molecule has 0 saturated carbocycles. The number of nitrogens with one attached hydrogen (secondary N) is 2. The number of hydrogen-bond donors (Lipinski definition) is 4. The van der Waals surface area contributed by atoms with Crippen molar-refractivity contribution in [2.75, 3.05) is 0 Å². The van der Waals surface area contributed by atoms with Gasteiger partial charge in [-0.25, -0.2) is 15.0 Å². The van der Waals surface area contributed by atoms with Crippen LogP contribution in [0.2, 0.25) is 0 Å². The molecule has 0 radical (unpaired) electrons. The molecule has 17 heavy (non-hydrogen) atoms. The van der Waals surface area contributed by atoms with Crippen molar-refractivity contribution in [1.82, 2.24) is 25.1 Å². The molecule has 8 heteroatoms. The van der Waals surface area contributed by atoms with E-state index in [-0.39, 0.29) is 0 Å². The van der Waals surface area contributed by atoms with Gasteiger partial charge in [0.05, 0.1) is 17.6 Å². The average Bonchev–Trinajstić information content (AvgIpc) is 2.80. The van der Waals surface area contributed by atoms with Crippen molar-refractivity contribution in [2.24, 2.45) is 4.99 Å². The zero-order valence-electron chi connectivity index (χ0n) is 8.65. The van der Waals surface area contributed by atoms with Gasteiger partial charge < -0.3 is 5.43 Å². The lowest BCUT2D eigenvalue weighted by Gasteiger charge is -2.15. The summed E-state index contributed by atoms with van der Waals surface area (Å²) in [5.41, 5.74) is 7.67. The largest absolute Gasteiger partial charge is 0.306 e. The van der Waals surface area contributed by atoms with Crippen LogP contribution in [0.4, 0.5) is 0 Å². The van der Waals surface area contributed by atoms with E-state index in [0.29, 0.717) is 5.16 Å². The molecular formula is C9H10N6S2. The van der Waals surface area contributed by atoms with Crippen LogP contribution in [-0.4, -0.2) is 20.6 Å². The summed E-state index contributed by atoms with van der Waals surface area (Å²) >= 11 is 7.99. The lowest BCUT2D eigenvalue weighted by atomic mass is 10.3. The predicted octanol–water partition coefficient (Wildman–Crippen LogP) is 0.731. The van der Waals surface area contributed by atoms with E-state index in [4.69, 9.17) is 0 Å². The molecule has 2 N–H and O–H groups in total. The van der Waals surface area contributed by atoms with Gasteiger partial charge in [0.1, 0.15) is 6.34 Å². The molecule has 0 aromatic carbocycles. The molecule has 0 unspecified atom stereocenters. The molecule has 3 heterocycles. The van der Waals surface area contributed by atoms with E-state index in [1.165, 1.54) is 0 Å². The highest BCUT2D eigenvalue weighted by Gasteiger charge is 2.16. The maximum Gasteiger partial charge on any atom is 0.184 e. The molecular weight excluding hydrogens is 256 g/mol. The van der Waals surface area contributed by atoms with Gasteiger partial charge in [0, 0.05) is 18.6 Å². The fourth-order valence-corrected chi connectivity index (χ4v) is 1.49. The van der Waals surface area contributed by atoms with Crippen molar-refractivity contribution < 1.29 is 0 Å². The summed E-state index contributed by atoms with van der Waals surface area (Å²) in [4.78, 5) is 11.4. The van der Waals surface area contributed by atoms with Crippen LogP contribution >= 0.6 is 25.4 Å². The SMILES string of the molecule is SN1C=NC=C2NNC=C21.Sc1ncccn1. The fraction of sp³-hybridized carbons (Fsp3) is 0. The van der Waals surface area contributed by atoms with Crippen LogP contribution in [-0.2, 0) is 0 Å². The monoisotopic (exact) mass is 266 g/mol. The third-order valence-corrected chi connectivity index (χ3v) is 2.42. The average molecular weight is 266 g/mol. The number of hydrazine groups is 1. The molecule has 0 atom stereocenters. The second kappa shape index (κ2) is 5.60. The second-order valence-electron chi connectivity index (χ2n) is 3.00. The molecule has 6 nitrogen and oxygen atoms in total. The van der Waals surface area contributed by atoms with E-state index in [1.807, 2.05) is 6.20 Å². The molecule has 0 saturated heterocycles. The summed E-state index contributed by atoms with van der Waals surface area (Å²) in [5.74, 6) is 0. The lowest BCUT2D eigenvalue weighted by Crippen LogP contribution is -2.22. The van der Waals surface area contributed by atoms with Crippen LogP contribution in [0.25, 0.3) is 0 Å². The minimum atomic E-state index is 0.516. The Labute approximate surface area is 109 Å². The first-order valence-electron chi connectivity index (χ1n) is 4.67. The zero-order chi connectivity index (χ0) is 12.1. The normalized spacial score (nSPS) is 15.8. The zero-order valence-corrected chi connectivity index (χ0v) is 10.4. The van der Waals surface area contributed by atoms with E-state index in [2.05, 4.69) is 51.3 Å². The maximum atomic E-state index is 4.13. The summed E-state index contributed by atoms with van der Waals surface area (Å²) in [7, 11) is 0. The van der Waals surface area contributed by atoms with Crippen molar-refractivity contribution >= 4 is 31.8 Å². The van der Waals surface area contributed by atoms with E-state index < -0.39 is 0 Å². The number of aromatic nitrogens is 2.